The maximum absolute atomic E-state index is 14.1. The summed E-state index contributed by atoms with van der Waals surface area (Å²) >= 11 is 0. The largest absolute Gasteiger partial charge is 0.368 e. The molecule has 3 aromatic rings. The summed E-state index contributed by atoms with van der Waals surface area (Å²) in [6, 6.07) is 16.3. The lowest BCUT2D eigenvalue weighted by molar-refractivity contribution is -0.115. The summed E-state index contributed by atoms with van der Waals surface area (Å²) in [7, 11) is 0. The first kappa shape index (κ1) is 18.1. The van der Waals surface area contributed by atoms with Crippen molar-refractivity contribution in [3.8, 4) is 11.3 Å². The average Bonchev–Trinajstić information content (AvgIpc) is 3.06. The highest BCUT2D eigenvalue weighted by Gasteiger charge is 2.24. The van der Waals surface area contributed by atoms with Gasteiger partial charge in [0, 0.05) is 23.2 Å². The Morgan fingerprint density at radius 1 is 1.11 bits per heavy atom. The van der Waals surface area contributed by atoms with Gasteiger partial charge in [0.2, 0.25) is 5.91 Å². The van der Waals surface area contributed by atoms with Crippen LogP contribution in [0.2, 0.25) is 0 Å². The topological polar surface area (TPSA) is 66.9 Å². The number of carbonyl (C=O) groups is 1. The summed E-state index contributed by atoms with van der Waals surface area (Å²) in [6.45, 7) is 4.49. The number of aromatic nitrogens is 2. The maximum atomic E-state index is 14.1. The quantitative estimate of drug-likeness (QED) is 0.701. The van der Waals surface area contributed by atoms with Gasteiger partial charge in [0.05, 0.1) is 12.1 Å². The number of anilines is 2. The van der Waals surface area contributed by atoms with Crippen molar-refractivity contribution in [3.05, 3.63) is 71.5 Å². The lowest BCUT2D eigenvalue weighted by Gasteiger charge is -2.26. The molecule has 1 amide bonds. The Hall–Kier alpha value is -3.28. The van der Waals surface area contributed by atoms with E-state index >= 15 is 0 Å². The fourth-order valence-corrected chi connectivity index (χ4v) is 3.39. The molecule has 0 saturated heterocycles. The van der Waals surface area contributed by atoms with Gasteiger partial charge in [0.25, 0.3) is 0 Å². The third-order valence-electron chi connectivity index (χ3n) is 5.01. The minimum atomic E-state index is -0.398. The van der Waals surface area contributed by atoms with E-state index in [1.807, 2.05) is 50.2 Å². The first-order valence-electron chi connectivity index (χ1n) is 9.18. The number of halogens is 1. The summed E-state index contributed by atoms with van der Waals surface area (Å²) in [5.41, 5.74) is 3.74. The molecule has 0 radical (unpaired) electrons. The molecule has 1 aliphatic heterocycles. The molecular weight excluding hydrogens is 355 g/mol. The van der Waals surface area contributed by atoms with Gasteiger partial charge in [-0.05, 0) is 41.5 Å². The van der Waals surface area contributed by atoms with E-state index in [9.17, 15) is 9.18 Å². The van der Waals surface area contributed by atoms with Crippen LogP contribution in [0.5, 0.6) is 0 Å². The second-order valence-electron chi connectivity index (χ2n) is 7.62. The van der Waals surface area contributed by atoms with Crippen molar-refractivity contribution in [2.24, 2.45) is 0 Å². The molecule has 2 heterocycles. The van der Waals surface area contributed by atoms with Crippen molar-refractivity contribution < 1.29 is 9.18 Å². The van der Waals surface area contributed by atoms with Crippen LogP contribution in [-0.2, 0) is 16.6 Å². The highest BCUT2D eigenvalue weighted by Crippen LogP contribution is 2.29. The molecule has 0 atom stereocenters. The number of nitrogens with zero attached hydrogens (tertiary/aromatic N) is 2. The molecule has 0 aliphatic carbocycles. The molecule has 5 nitrogen and oxygen atoms in total. The molecule has 6 heteroatoms. The lowest BCUT2D eigenvalue weighted by Crippen LogP contribution is -2.29. The zero-order valence-corrected chi connectivity index (χ0v) is 15.8. The molecular formula is C22H21FN4O. The van der Waals surface area contributed by atoms with Crippen LogP contribution in [0.25, 0.3) is 11.3 Å². The standard InChI is InChI=1S/C22H21FN4O/c1-22(2,16-5-3-4-6-17(16)23)13-24-20-10-9-19(26-27-20)14-7-8-18-15(11-14)12-21(28)25-18/h3-11H,12-13H2,1-2H3,(H,24,27)(H,25,28). The Bertz CT molecular complexity index is 1030. The third kappa shape index (κ3) is 3.58. The Labute approximate surface area is 163 Å². The molecule has 2 aromatic carbocycles. The van der Waals surface area contributed by atoms with Crippen LogP contribution in [-0.4, -0.2) is 22.6 Å². The van der Waals surface area contributed by atoms with Gasteiger partial charge in [-0.3, -0.25) is 4.79 Å². The number of amides is 1. The maximum Gasteiger partial charge on any atom is 0.228 e. The van der Waals surface area contributed by atoms with Gasteiger partial charge in [0.1, 0.15) is 11.6 Å². The van der Waals surface area contributed by atoms with Crippen molar-refractivity contribution >= 4 is 17.4 Å². The van der Waals surface area contributed by atoms with Gasteiger partial charge in [-0.1, -0.05) is 38.1 Å². The first-order valence-corrected chi connectivity index (χ1v) is 9.18. The normalized spacial score (nSPS) is 13.2. The Morgan fingerprint density at radius 2 is 1.93 bits per heavy atom. The van der Waals surface area contributed by atoms with E-state index in [2.05, 4.69) is 20.8 Å². The van der Waals surface area contributed by atoms with Gasteiger partial charge >= 0.3 is 0 Å². The second-order valence-corrected chi connectivity index (χ2v) is 7.62. The molecule has 0 spiro atoms. The Kier molecular flexibility index (Phi) is 4.55. The van der Waals surface area contributed by atoms with E-state index < -0.39 is 5.41 Å². The highest BCUT2D eigenvalue weighted by molar-refractivity contribution is 5.99. The molecule has 1 aliphatic rings. The molecule has 0 bridgehead atoms. The molecule has 0 unspecified atom stereocenters. The zero-order chi connectivity index (χ0) is 19.7. The smallest absolute Gasteiger partial charge is 0.228 e. The lowest BCUT2D eigenvalue weighted by atomic mass is 9.84. The van der Waals surface area contributed by atoms with Crippen molar-refractivity contribution in [3.63, 3.8) is 0 Å². The van der Waals surface area contributed by atoms with Crippen molar-refractivity contribution in [1.82, 2.24) is 10.2 Å². The minimum absolute atomic E-state index is 0.00949. The number of hydrogen-bond donors (Lipinski definition) is 2. The number of carbonyl (C=O) groups excluding carboxylic acids is 1. The van der Waals surface area contributed by atoms with E-state index in [4.69, 9.17) is 0 Å². The Balaban J connectivity index is 1.46. The van der Waals surface area contributed by atoms with E-state index in [1.54, 1.807) is 12.1 Å². The van der Waals surface area contributed by atoms with Gasteiger partial charge in [0.15, 0.2) is 0 Å². The number of fused-ring (bicyclic) bond motifs is 1. The van der Waals surface area contributed by atoms with Crippen LogP contribution >= 0.6 is 0 Å². The summed E-state index contributed by atoms with van der Waals surface area (Å²) in [5, 5.41) is 14.6. The average molecular weight is 376 g/mol. The predicted molar refractivity (Wildman–Crippen MR) is 108 cm³/mol. The SMILES string of the molecule is CC(C)(CNc1ccc(-c2ccc3c(c2)CC(=O)N3)nn1)c1ccccc1F. The van der Waals surface area contributed by atoms with Crippen molar-refractivity contribution in [2.45, 2.75) is 25.7 Å². The number of hydrogen-bond acceptors (Lipinski definition) is 4. The van der Waals surface area contributed by atoms with Crippen LogP contribution in [0.15, 0.2) is 54.6 Å². The predicted octanol–water partition coefficient (Wildman–Crippen LogP) is 4.17. The monoisotopic (exact) mass is 376 g/mol. The van der Waals surface area contributed by atoms with Crippen molar-refractivity contribution in [1.29, 1.82) is 0 Å². The third-order valence-corrected chi connectivity index (χ3v) is 5.01. The summed E-state index contributed by atoms with van der Waals surface area (Å²) in [4.78, 5) is 11.5. The molecule has 2 N–H and O–H groups in total. The molecule has 4 rings (SSSR count). The summed E-state index contributed by atoms with van der Waals surface area (Å²) in [5.74, 6) is 0.432. The zero-order valence-electron chi connectivity index (χ0n) is 15.8. The van der Waals surface area contributed by atoms with Crippen molar-refractivity contribution in [2.75, 3.05) is 17.2 Å². The molecule has 142 valence electrons. The fourth-order valence-electron chi connectivity index (χ4n) is 3.39. The summed E-state index contributed by atoms with van der Waals surface area (Å²) in [6.07, 6.45) is 0.390. The Morgan fingerprint density at radius 3 is 2.68 bits per heavy atom. The van der Waals surface area contributed by atoms with Gasteiger partial charge in [-0.15, -0.1) is 10.2 Å². The van der Waals surface area contributed by atoms with Crippen LogP contribution in [0.3, 0.4) is 0 Å². The van der Waals surface area contributed by atoms with Gasteiger partial charge in [-0.25, -0.2) is 4.39 Å². The van der Waals surface area contributed by atoms with Crippen LogP contribution in [0.4, 0.5) is 15.9 Å². The van der Waals surface area contributed by atoms with Gasteiger partial charge in [-0.2, -0.15) is 0 Å². The number of rotatable bonds is 5. The molecule has 0 saturated carbocycles. The highest BCUT2D eigenvalue weighted by atomic mass is 19.1. The summed E-state index contributed by atoms with van der Waals surface area (Å²) < 4.78 is 14.1. The van der Waals surface area contributed by atoms with E-state index in [0.717, 1.165) is 22.5 Å². The molecule has 0 fully saturated rings. The fraction of sp³-hybridized carbons (Fsp3) is 0.227. The molecule has 1 aromatic heterocycles. The number of nitrogens with one attached hydrogen (secondary N) is 2. The van der Waals surface area contributed by atoms with Crippen LogP contribution in [0.1, 0.15) is 25.0 Å². The van der Waals surface area contributed by atoms with E-state index in [1.165, 1.54) is 6.07 Å². The molecule has 28 heavy (non-hydrogen) atoms. The van der Waals surface area contributed by atoms with E-state index in [-0.39, 0.29) is 11.7 Å². The second kappa shape index (κ2) is 7.03. The number of benzene rings is 2. The van der Waals surface area contributed by atoms with E-state index in [0.29, 0.717) is 24.3 Å². The first-order chi connectivity index (χ1) is 13.4. The van der Waals surface area contributed by atoms with Gasteiger partial charge < -0.3 is 10.6 Å². The van der Waals surface area contributed by atoms with Crippen LogP contribution < -0.4 is 10.6 Å². The van der Waals surface area contributed by atoms with Crippen LogP contribution in [0, 0.1) is 5.82 Å². The minimum Gasteiger partial charge on any atom is -0.368 e.